The number of furan rings is 1. The fraction of sp³-hybridized carbons (Fsp3) is 0.647. The molecule has 2 aliphatic heterocycles. The van der Waals surface area contributed by atoms with Gasteiger partial charge in [0.05, 0.1) is 12.8 Å². The maximum absolute atomic E-state index is 12.3. The van der Waals surface area contributed by atoms with Gasteiger partial charge in [0.2, 0.25) is 11.8 Å². The summed E-state index contributed by atoms with van der Waals surface area (Å²) in [7, 11) is 4.07. The number of rotatable bonds is 5. The van der Waals surface area contributed by atoms with Crippen LogP contribution >= 0.6 is 0 Å². The van der Waals surface area contributed by atoms with E-state index in [1.54, 1.807) is 12.3 Å². The normalized spacial score (nSPS) is 28.2. The molecule has 2 saturated heterocycles. The minimum absolute atomic E-state index is 0.00969. The Kier molecular flexibility index (Phi) is 5.20. The summed E-state index contributed by atoms with van der Waals surface area (Å²) in [5, 5.41) is 5.91. The van der Waals surface area contributed by atoms with Crippen molar-refractivity contribution in [3.05, 3.63) is 24.2 Å². The molecule has 24 heavy (non-hydrogen) atoms. The van der Waals surface area contributed by atoms with Crippen molar-refractivity contribution in [2.24, 2.45) is 0 Å². The van der Waals surface area contributed by atoms with Gasteiger partial charge in [-0.15, -0.1) is 0 Å². The van der Waals surface area contributed by atoms with Crippen LogP contribution in [0.15, 0.2) is 22.8 Å². The second kappa shape index (κ2) is 7.36. The fourth-order valence-corrected chi connectivity index (χ4v) is 3.76. The van der Waals surface area contributed by atoms with Gasteiger partial charge >= 0.3 is 0 Å². The predicted molar refractivity (Wildman–Crippen MR) is 89.2 cm³/mol. The van der Waals surface area contributed by atoms with E-state index >= 15 is 0 Å². The highest BCUT2D eigenvalue weighted by molar-refractivity contribution is 5.83. The number of carbonyl (C=O) groups excluding carboxylic acids is 2. The van der Waals surface area contributed by atoms with Crippen LogP contribution in [-0.2, 0) is 16.1 Å². The molecule has 0 unspecified atom stereocenters. The Hall–Kier alpha value is -1.86. The van der Waals surface area contributed by atoms with Crippen molar-refractivity contribution in [3.63, 3.8) is 0 Å². The smallest absolute Gasteiger partial charge is 0.239 e. The van der Waals surface area contributed by atoms with Crippen molar-refractivity contribution in [2.75, 3.05) is 27.2 Å². The third kappa shape index (κ3) is 3.62. The first-order valence-corrected chi connectivity index (χ1v) is 8.55. The first-order chi connectivity index (χ1) is 11.6. The molecule has 1 aromatic rings. The van der Waals surface area contributed by atoms with Gasteiger partial charge in [-0.05, 0) is 39.1 Å². The molecule has 7 heteroatoms. The summed E-state index contributed by atoms with van der Waals surface area (Å²) in [6, 6.07) is 3.98. The molecule has 3 heterocycles. The van der Waals surface area contributed by atoms with E-state index in [9.17, 15) is 9.59 Å². The molecule has 0 radical (unpaired) electrons. The highest BCUT2D eigenvalue weighted by Gasteiger charge is 2.43. The van der Waals surface area contributed by atoms with Crippen LogP contribution in [0.3, 0.4) is 0 Å². The average Bonchev–Trinajstić information content (AvgIpc) is 3.19. The lowest BCUT2D eigenvalue weighted by atomic mass is 10.0. The van der Waals surface area contributed by atoms with E-state index in [4.69, 9.17) is 4.42 Å². The van der Waals surface area contributed by atoms with Crippen molar-refractivity contribution in [2.45, 2.75) is 43.9 Å². The van der Waals surface area contributed by atoms with Crippen LogP contribution < -0.4 is 10.6 Å². The van der Waals surface area contributed by atoms with Crippen LogP contribution in [0.25, 0.3) is 0 Å². The molecule has 3 atom stereocenters. The minimum Gasteiger partial charge on any atom is -0.467 e. The molecule has 2 N–H and O–H groups in total. The minimum atomic E-state index is -0.0761. The van der Waals surface area contributed by atoms with Gasteiger partial charge in [0.1, 0.15) is 11.8 Å². The molecule has 132 valence electrons. The van der Waals surface area contributed by atoms with Gasteiger partial charge in [-0.3, -0.25) is 19.4 Å². The topological polar surface area (TPSA) is 77.8 Å². The van der Waals surface area contributed by atoms with E-state index in [1.165, 1.54) is 0 Å². The molecule has 2 amide bonds. The SMILES string of the molecule is CN1CC[C@@H]2[C@H]1C(=O)NC[C@H](CCC(=O)NCc1ccco1)N2C. The fourth-order valence-electron chi connectivity index (χ4n) is 3.76. The Morgan fingerprint density at radius 2 is 2.29 bits per heavy atom. The number of likely N-dealkylation sites (N-methyl/N-ethyl adjacent to an activating group) is 2. The Labute approximate surface area is 142 Å². The van der Waals surface area contributed by atoms with Gasteiger partial charge in [-0.1, -0.05) is 0 Å². The van der Waals surface area contributed by atoms with E-state index in [1.807, 2.05) is 13.1 Å². The number of fused-ring (bicyclic) bond motifs is 1. The number of carbonyl (C=O) groups is 2. The molecule has 0 aliphatic carbocycles. The van der Waals surface area contributed by atoms with Crippen LogP contribution in [0, 0.1) is 0 Å². The van der Waals surface area contributed by atoms with E-state index in [-0.39, 0.29) is 29.9 Å². The zero-order valence-electron chi connectivity index (χ0n) is 14.3. The van der Waals surface area contributed by atoms with Gasteiger partial charge in [0.15, 0.2) is 0 Å². The molecule has 0 aromatic carbocycles. The number of hydrogen-bond donors (Lipinski definition) is 2. The van der Waals surface area contributed by atoms with Gasteiger partial charge < -0.3 is 15.1 Å². The zero-order chi connectivity index (χ0) is 17.1. The molecule has 1 aromatic heterocycles. The summed E-state index contributed by atoms with van der Waals surface area (Å²) in [5.41, 5.74) is 0. The lowest BCUT2D eigenvalue weighted by Crippen LogP contribution is -2.48. The lowest BCUT2D eigenvalue weighted by molar-refractivity contribution is -0.125. The van der Waals surface area contributed by atoms with E-state index in [2.05, 4.69) is 27.5 Å². The maximum atomic E-state index is 12.3. The van der Waals surface area contributed by atoms with Crippen LogP contribution in [-0.4, -0.2) is 66.9 Å². The molecule has 0 saturated carbocycles. The summed E-state index contributed by atoms with van der Waals surface area (Å²) in [4.78, 5) is 28.8. The Morgan fingerprint density at radius 1 is 1.46 bits per heavy atom. The summed E-state index contributed by atoms with van der Waals surface area (Å²) in [6.07, 6.45) is 3.76. The van der Waals surface area contributed by atoms with Crippen molar-refractivity contribution in [1.29, 1.82) is 0 Å². The third-order valence-electron chi connectivity index (χ3n) is 5.24. The van der Waals surface area contributed by atoms with Crippen LogP contribution in [0.2, 0.25) is 0 Å². The van der Waals surface area contributed by atoms with Gasteiger partial charge in [0, 0.05) is 31.6 Å². The van der Waals surface area contributed by atoms with Crippen molar-refractivity contribution >= 4 is 11.8 Å². The van der Waals surface area contributed by atoms with Crippen molar-refractivity contribution in [1.82, 2.24) is 20.4 Å². The molecule has 7 nitrogen and oxygen atoms in total. The summed E-state index contributed by atoms with van der Waals surface area (Å²) >= 11 is 0. The largest absolute Gasteiger partial charge is 0.467 e. The second-order valence-electron chi connectivity index (χ2n) is 6.74. The summed E-state index contributed by atoms with van der Waals surface area (Å²) in [6.45, 7) is 1.95. The van der Waals surface area contributed by atoms with Gasteiger partial charge in [0.25, 0.3) is 0 Å². The zero-order valence-corrected chi connectivity index (χ0v) is 14.3. The van der Waals surface area contributed by atoms with E-state index in [0.717, 1.165) is 25.1 Å². The van der Waals surface area contributed by atoms with E-state index < -0.39 is 0 Å². The highest BCUT2D eigenvalue weighted by Crippen LogP contribution is 2.25. The standard InChI is InChI=1S/C17H26N4O3/c1-20-8-7-14-16(20)17(23)19-10-12(21(14)2)5-6-15(22)18-11-13-4-3-9-24-13/h3-4,9,12,14,16H,5-8,10-11H2,1-2H3,(H,18,22)(H,19,23)/t12-,14+,16-/m0/s1. The third-order valence-corrected chi connectivity index (χ3v) is 5.24. The predicted octanol–water partition coefficient (Wildman–Crippen LogP) is 0.179. The molecule has 0 spiro atoms. The van der Waals surface area contributed by atoms with Gasteiger partial charge in [-0.25, -0.2) is 0 Å². The van der Waals surface area contributed by atoms with Crippen LogP contribution in [0.1, 0.15) is 25.0 Å². The second-order valence-corrected chi connectivity index (χ2v) is 6.74. The summed E-state index contributed by atoms with van der Waals surface area (Å²) in [5.74, 6) is 0.867. The number of nitrogens with one attached hydrogen (secondary N) is 2. The van der Waals surface area contributed by atoms with E-state index in [0.29, 0.717) is 19.5 Å². The quantitative estimate of drug-likeness (QED) is 0.803. The Morgan fingerprint density at radius 3 is 3.04 bits per heavy atom. The first-order valence-electron chi connectivity index (χ1n) is 8.55. The molecule has 3 rings (SSSR count). The van der Waals surface area contributed by atoms with Crippen LogP contribution in [0.5, 0.6) is 0 Å². The molecule has 2 fully saturated rings. The Bertz CT molecular complexity index is 574. The van der Waals surface area contributed by atoms with Crippen LogP contribution in [0.4, 0.5) is 0 Å². The average molecular weight is 334 g/mol. The first kappa shape index (κ1) is 17.0. The molecular weight excluding hydrogens is 308 g/mol. The molecular formula is C17H26N4O3. The highest BCUT2D eigenvalue weighted by atomic mass is 16.3. The van der Waals surface area contributed by atoms with Crippen molar-refractivity contribution < 1.29 is 14.0 Å². The lowest BCUT2D eigenvalue weighted by Gasteiger charge is -2.32. The maximum Gasteiger partial charge on any atom is 0.239 e. The Balaban J connectivity index is 1.51. The number of amides is 2. The molecule has 2 aliphatic rings. The molecule has 0 bridgehead atoms. The number of likely N-dealkylation sites (tertiary alicyclic amines) is 1. The van der Waals surface area contributed by atoms with Crippen molar-refractivity contribution in [3.8, 4) is 0 Å². The number of nitrogens with zero attached hydrogens (tertiary/aromatic N) is 2. The van der Waals surface area contributed by atoms with Gasteiger partial charge in [-0.2, -0.15) is 0 Å². The summed E-state index contributed by atoms with van der Waals surface area (Å²) < 4.78 is 5.21. The monoisotopic (exact) mass is 334 g/mol. The number of hydrogen-bond acceptors (Lipinski definition) is 5.